The number of hydrogen-bond donors (Lipinski definition) is 8. The number of rotatable bonds is 7. The van der Waals surface area contributed by atoms with Gasteiger partial charge in [0.15, 0.2) is 0 Å². The van der Waals surface area contributed by atoms with Crippen molar-refractivity contribution in [3.8, 4) is 5.75 Å². The van der Waals surface area contributed by atoms with E-state index in [-0.39, 0.29) is 37.5 Å². The zero-order valence-corrected chi connectivity index (χ0v) is 29.2. The Morgan fingerprint density at radius 3 is 1.88 bits per heavy atom. The third-order valence-corrected chi connectivity index (χ3v) is 9.24. The largest absolute Gasteiger partial charge is 0.508 e. The van der Waals surface area contributed by atoms with Gasteiger partial charge in [-0.15, -0.1) is 0 Å². The van der Waals surface area contributed by atoms with Gasteiger partial charge in [-0.3, -0.25) is 33.6 Å². The SMILES string of the molecule is CCC(C)[C@@H]1NC(=O)CNC(=O)[C@@H]2CCCN2C(=O)[C@@H](CO)NC(=O)[C@H](Cc2ccc(O)cc2)NC(=O)[C@H](Cc2ccccc2)NC(=O)CNC1=O. The molecule has 0 saturated carbocycles. The van der Waals surface area contributed by atoms with E-state index in [1.54, 1.807) is 49.4 Å². The normalized spacial score (nSPS) is 24.9. The Balaban J connectivity index is 1.68. The number of amides is 7. The molecular weight excluding hydrogens is 674 g/mol. The van der Waals surface area contributed by atoms with E-state index in [0.717, 1.165) is 0 Å². The Morgan fingerprint density at radius 2 is 1.27 bits per heavy atom. The number of aliphatic hydroxyl groups is 1. The molecule has 2 saturated heterocycles. The fourth-order valence-electron chi connectivity index (χ4n) is 6.10. The van der Waals surface area contributed by atoms with Crippen molar-refractivity contribution in [3.63, 3.8) is 0 Å². The number of fused-ring (bicyclic) bond motifs is 1. The van der Waals surface area contributed by atoms with Gasteiger partial charge in [-0.1, -0.05) is 62.7 Å². The Kier molecular flexibility index (Phi) is 14.1. The summed E-state index contributed by atoms with van der Waals surface area (Å²) < 4.78 is 0. The van der Waals surface area contributed by atoms with E-state index in [9.17, 15) is 43.8 Å². The van der Waals surface area contributed by atoms with Gasteiger partial charge < -0.3 is 47.0 Å². The van der Waals surface area contributed by atoms with Crippen LogP contribution in [0.2, 0.25) is 0 Å². The molecular formula is C36H47N7O9. The van der Waals surface area contributed by atoms with E-state index in [4.69, 9.17) is 0 Å². The van der Waals surface area contributed by atoms with E-state index < -0.39 is 91.3 Å². The van der Waals surface area contributed by atoms with E-state index in [0.29, 0.717) is 24.0 Å². The van der Waals surface area contributed by atoms with Gasteiger partial charge in [-0.05, 0) is 42.0 Å². The van der Waals surface area contributed by atoms with Crippen molar-refractivity contribution in [1.29, 1.82) is 0 Å². The number of phenols is 1. The van der Waals surface area contributed by atoms with Crippen LogP contribution in [0.5, 0.6) is 5.75 Å². The maximum absolute atomic E-state index is 13.9. The lowest BCUT2D eigenvalue weighted by Crippen LogP contribution is -2.60. The van der Waals surface area contributed by atoms with Crippen LogP contribution in [0.4, 0.5) is 0 Å². The fraction of sp³-hybridized carbons (Fsp3) is 0.472. The van der Waals surface area contributed by atoms with Crippen LogP contribution in [-0.2, 0) is 46.4 Å². The van der Waals surface area contributed by atoms with Gasteiger partial charge >= 0.3 is 0 Å². The van der Waals surface area contributed by atoms with E-state index in [1.807, 2.05) is 6.92 Å². The summed E-state index contributed by atoms with van der Waals surface area (Å²) >= 11 is 0. The van der Waals surface area contributed by atoms with Gasteiger partial charge in [0.25, 0.3) is 0 Å². The molecule has 0 aromatic heterocycles. The van der Waals surface area contributed by atoms with Crippen molar-refractivity contribution < 1.29 is 43.8 Å². The number of carbonyl (C=O) groups excluding carboxylic acids is 7. The molecule has 0 spiro atoms. The molecule has 1 unspecified atom stereocenters. The number of phenolic OH excluding ortho intramolecular Hbond substituents is 1. The lowest BCUT2D eigenvalue weighted by Gasteiger charge is -2.29. The lowest BCUT2D eigenvalue weighted by molar-refractivity contribution is -0.143. The molecule has 2 aromatic rings. The lowest BCUT2D eigenvalue weighted by atomic mass is 9.98. The Bertz CT molecular complexity index is 1600. The fourth-order valence-corrected chi connectivity index (χ4v) is 6.10. The predicted octanol–water partition coefficient (Wildman–Crippen LogP) is -1.61. The zero-order valence-electron chi connectivity index (χ0n) is 29.2. The average molecular weight is 722 g/mol. The molecule has 0 bridgehead atoms. The molecule has 6 atom stereocenters. The summed E-state index contributed by atoms with van der Waals surface area (Å²) in [5.41, 5.74) is 1.23. The zero-order chi connectivity index (χ0) is 37.8. The number of benzene rings is 2. The minimum absolute atomic E-state index is 0.0145. The third kappa shape index (κ3) is 10.7. The van der Waals surface area contributed by atoms with E-state index in [2.05, 4.69) is 31.9 Å². The molecule has 7 amide bonds. The van der Waals surface area contributed by atoms with Crippen molar-refractivity contribution in [2.24, 2.45) is 5.92 Å². The van der Waals surface area contributed by atoms with Crippen LogP contribution in [0.3, 0.4) is 0 Å². The topological polar surface area (TPSA) is 235 Å². The van der Waals surface area contributed by atoms with Crippen LogP contribution in [0, 0.1) is 5.92 Å². The number of nitrogens with one attached hydrogen (secondary N) is 6. The highest BCUT2D eigenvalue weighted by molar-refractivity contribution is 5.97. The summed E-state index contributed by atoms with van der Waals surface area (Å²) in [6.07, 6.45) is 1.14. The van der Waals surface area contributed by atoms with Crippen LogP contribution in [0.25, 0.3) is 0 Å². The van der Waals surface area contributed by atoms with Crippen LogP contribution >= 0.6 is 0 Å². The van der Waals surface area contributed by atoms with Crippen molar-refractivity contribution in [2.75, 3.05) is 26.2 Å². The van der Waals surface area contributed by atoms with Crippen LogP contribution in [0.15, 0.2) is 54.6 Å². The van der Waals surface area contributed by atoms with Gasteiger partial charge in [0.2, 0.25) is 41.4 Å². The first-order chi connectivity index (χ1) is 24.9. The van der Waals surface area contributed by atoms with E-state index in [1.165, 1.54) is 17.0 Å². The molecule has 2 fully saturated rings. The maximum atomic E-state index is 13.9. The summed E-state index contributed by atoms with van der Waals surface area (Å²) in [5.74, 6) is -5.34. The second kappa shape index (κ2) is 18.6. The van der Waals surface area contributed by atoms with Crippen molar-refractivity contribution in [3.05, 3.63) is 65.7 Å². The van der Waals surface area contributed by atoms with Crippen molar-refractivity contribution in [2.45, 2.75) is 76.2 Å². The Morgan fingerprint density at radius 1 is 0.712 bits per heavy atom. The summed E-state index contributed by atoms with van der Waals surface area (Å²) in [4.78, 5) is 95.1. The highest BCUT2D eigenvalue weighted by Crippen LogP contribution is 2.19. The quantitative estimate of drug-likeness (QED) is 0.164. The molecule has 52 heavy (non-hydrogen) atoms. The Labute approximate surface area is 301 Å². The molecule has 280 valence electrons. The number of hydrogen-bond acceptors (Lipinski definition) is 9. The van der Waals surface area contributed by atoms with Crippen LogP contribution in [0.1, 0.15) is 44.2 Å². The minimum Gasteiger partial charge on any atom is -0.508 e. The molecule has 2 aromatic carbocycles. The summed E-state index contributed by atoms with van der Waals surface area (Å²) in [7, 11) is 0. The molecule has 16 heteroatoms. The smallest absolute Gasteiger partial charge is 0.248 e. The maximum Gasteiger partial charge on any atom is 0.248 e. The molecule has 0 aliphatic carbocycles. The van der Waals surface area contributed by atoms with Crippen LogP contribution in [-0.4, -0.2) is 113 Å². The predicted molar refractivity (Wildman–Crippen MR) is 187 cm³/mol. The summed E-state index contributed by atoms with van der Waals surface area (Å²) in [6, 6.07) is 8.65. The molecule has 2 aliphatic rings. The van der Waals surface area contributed by atoms with Gasteiger partial charge in [0, 0.05) is 19.4 Å². The number of aromatic hydroxyl groups is 1. The molecule has 2 heterocycles. The van der Waals surface area contributed by atoms with Gasteiger partial charge in [0.05, 0.1) is 19.7 Å². The molecule has 4 rings (SSSR count). The molecule has 2 aliphatic heterocycles. The summed E-state index contributed by atoms with van der Waals surface area (Å²) in [6.45, 7) is 1.88. The first-order valence-corrected chi connectivity index (χ1v) is 17.4. The van der Waals surface area contributed by atoms with Crippen molar-refractivity contribution >= 4 is 41.4 Å². The van der Waals surface area contributed by atoms with Gasteiger partial charge in [-0.2, -0.15) is 0 Å². The summed E-state index contributed by atoms with van der Waals surface area (Å²) in [5, 5.41) is 35.5. The molecule has 0 radical (unpaired) electrons. The molecule has 8 N–H and O–H groups in total. The second-order valence-corrected chi connectivity index (χ2v) is 13.0. The first-order valence-electron chi connectivity index (χ1n) is 17.4. The highest BCUT2D eigenvalue weighted by Gasteiger charge is 2.39. The first kappa shape index (κ1) is 39.3. The van der Waals surface area contributed by atoms with Crippen molar-refractivity contribution in [1.82, 2.24) is 36.8 Å². The monoisotopic (exact) mass is 721 g/mol. The third-order valence-electron chi connectivity index (χ3n) is 9.24. The average Bonchev–Trinajstić information content (AvgIpc) is 3.64. The minimum atomic E-state index is -1.48. The number of nitrogens with zero attached hydrogens (tertiary/aromatic N) is 1. The standard InChI is InChI=1S/C36H47N7O9/c1-3-21(2)31-35(51)38-18-29(46)39-25(16-22-8-5-4-6-9-22)32(48)40-26(17-23-11-13-24(45)14-12-23)33(49)41-27(20-44)36(52)43-15-7-10-28(43)34(50)37-19-30(47)42-31/h4-6,8-9,11-14,21,25-28,31,44-45H,3,7,10,15-20H2,1-2H3,(H,37,50)(H,38,51)(H,39,46)(H,40,48)(H,41,49)(H,42,47)/t21?,25-,26-,27+,28-,31-/m0/s1. The van der Waals surface area contributed by atoms with Gasteiger partial charge in [0.1, 0.15) is 36.0 Å². The number of aliphatic hydroxyl groups excluding tert-OH is 1. The van der Waals surface area contributed by atoms with Gasteiger partial charge in [-0.25, -0.2) is 0 Å². The highest BCUT2D eigenvalue weighted by atomic mass is 16.3. The molecule has 16 nitrogen and oxygen atoms in total. The van der Waals surface area contributed by atoms with Crippen LogP contribution < -0.4 is 31.9 Å². The Hall–Kier alpha value is -5.51. The number of carbonyl (C=O) groups is 7. The second-order valence-electron chi connectivity index (χ2n) is 13.0. The van der Waals surface area contributed by atoms with E-state index >= 15 is 0 Å².